The number of amides is 2. The number of Topliss-reactive ketones (excluding diaryl/α,β-unsaturated/α-hetero) is 1. The largest absolute Gasteiger partial charge is 0.469 e. The van der Waals surface area contributed by atoms with Gasteiger partial charge in [-0.3, -0.25) is 28.9 Å². The van der Waals surface area contributed by atoms with Crippen molar-refractivity contribution in [2.24, 2.45) is 23.7 Å². The predicted octanol–water partition coefficient (Wildman–Crippen LogP) is 6.28. The lowest BCUT2D eigenvalue weighted by Gasteiger charge is -2.39. The molecule has 1 fully saturated rings. The van der Waals surface area contributed by atoms with Crippen LogP contribution in [0.5, 0.6) is 0 Å². The summed E-state index contributed by atoms with van der Waals surface area (Å²) in [6, 6.07) is 8.74. The minimum atomic E-state index is -0.840. The van der Waals surface area contributed by atoms with Crippen LogP contribution >= 0.6 is 11.3 Å². The highest BCUT2D eigenvalue weighted by Gasteiger charge is 2.39. The van der Waals surface area contributed by atoms with E-state index < -0.39 is 35.9 Å². The molecule has 1 aliphatic rings. The van der Waals surface area contributed by atoms with Gasteiger partial charge in [0.2, 0.25) is 5.91 Å². The second-order valence-corrected chi connectivity index (χ2v) is 16.3. The zero-order valence-electron chi connectivity index (χ0n) is 34.4. The Morgan fingerprint density at radius 2 is 1.75 bits per heavy atom. The Morgan fingerprint density at radius 1 is 1.04 bits per heavy atom. The molecule has 7 unspecified atom stereocenters. The number of likely N-dealkylation sites (tertiary alicyclic amines) is 1. The molecule has 1 aromatic carbocycles. The summed E-state index contributed by atoms with van der Waals surface area (Å²) in [6.45, 7) is 12.7. The molecule has 12 nitrogen and oxygen atoms in total. The molecule has 0 spiro atoms. The van der Waals surface area contributed by atoms with E-state index in [0.29, 0.717) is 31.0 Å². The van der Waals surface area contributed by atoms with Crippen molar-refractivity contribution < 1.29 is 38.2 Å². The first kappa shape index (κ1) is 45.7. The molecule has 1 saturated heterocycles. The topological polar surface area (TPSA) is 144 Å². The molecule has 1 aromatic heterocycles. The van der Waals surface area contributed by atoms with Gasteiger partial charge in [-0.15, -0.1) is 11.3 Å². The highest BCUT2D eigenvalue weighted by molar-refractivity contribution is 7.09. The summed E-state index contributed by atoms with van der Waals surface area (Å²) in [5.74, 6) is -2.34. The molecule has 2 heterocycles. The average molecular weight is 785 g/mol. The van der Waals surface area contributed by atoms with E-state index in [2.05, 4.69) is 15.2 Å². The van der Waals surface area contributed by atoms with Crippen LogP contribution in [0.15, 0.2) is 35.7 Å². The molecule has 3 rings (SSSR count). The summed E-state index contributed by atoms with van der Waals surface area (Å²) in [6.07, 6.45) is 4.03. The van der Waals surface area contributed by atoms with Crippen LogP contribution in [0.3, 0.4) is 0 Å². The number of carbonyl (C=O) groups excluding carboxylic acids is 5. The Kier molecular flexibility index (Phi) is 18.9. The Morgan fingerprint density at radius 3 is 2.35 bits per heavy atom. The highest BCUT2D eigenvalue weighted by atomic mass is 32.1. The maximum atomic E-state index is 14.7. The Balaban J connectivity index is 1.90. The Bertz CT molecular complexity index is 1530. The third-order valence-corrected chi connectivity index (χ3v) is 11.8. The summed E-state index contributed by atoms with van der Waals surface area (Å²) >= 11 is 1.21. The molecule has 55 heavy (non-hydrogen) atoms. The van der Waals surface area contributed by atoms with Crippen molar-refractivity contribution >= 4 is 40.9 Å². The number of likely N-dealkylation sites (N-methyl/N-ethyl adjacent to an activating group) is 1. The van der Waals surface area contributed by atoms with Crippen molar-refractivity contribution in [3.05, 3.63) is 52.0 Å². The van der Waals surface area contributed by atoms with Crippen LogP contribution in [-0.2, 0) is 39.8 Å². The number of carbonyl (C=O) groups is 5. The number of ether oxygens (including phenoxy) is 3. The van der Waals surface area contributed by atoms with Gasteiger partial charge >= 0.3 is 11.9 Å². The van der Waals surface area contributed by atoms with Crippen LogP contribution in [-0.4, -0.2) is 103 Å². The number of piperidine rings is 1. The number of hydrogen-bond donors (Lipinski definition) is 1. The van der Waals surface area contributed by atoms with E-state index in [0.717, 1.165) is 37.8 Å². The van der Waals surface area contributed by atoms with Crippen molar-refractivity contribution in [1.82, 2.24) is 20.1 Å². The first-order valence-corrected chi connectivity index (χ1v) is 20.7. The fraction of sp³-hybridized carbons (Fsp3) is 0.667. The van der Waals surface area contributed by atoms with Gasteiger partial charge in [0, 0.05) is 56.8 Å². The number of nitrogens with one attached hydrogen (secondary N) is 1. The zero-order chi connectivity index (χ0) is 40.7. The molecular weight excluding hydrogens is 721 g/mol. The van der Waals surface area contributed by atoms with Crippen LogP contribution in [0.4, 0.5) is 0 Å². The standard InChI is InChI=1S/C42H64N4O8S/c1-10-28(4)33(24-37(48)35-18-14-15-19-45(35)7)41(50)46(20-21-52-8)36(27(2)3)25-38(54-30(6)47)40-44-34(26-55-40)39(49)43-32(22-29(5)42(51)53-9)23-31-16-12-11-13-17-31/h11-13,16-17,26-29,32-33,35-36,38H,10,14-15,18-25H2,1-9H3,(H,43,49). The summed E-state index contributed by atoms with van der Waals surface area (Å²) in [7, 11) is 4.92. The third-order valence-electron chi connectivity index (χ3n) is 10.9. The number of benzene rings is 1. The zero-order valence-corrected chi connectivity index (χ0v) is 35.2. The number of esters is 2. The van der Waals surface area contributed by atoms with Gasteiger partial charge in [-0.05, 0) is 56.7 Å². The quantitative estimate of drug-likeness (QED) is 0.136. The average Bonchev–Trinajstić information content (AvgIpc) is 3.66. The molecule has 7 atom stereocenters. The van der Waals surface area contributed by atoms with Gasteiger partial charge in [-0.2, -0.15) is 0 Å². The van der Waals surface area contributed by atoms with Crippen molar-refractivity contribution in [2.75, 3.05) is 41.0 Å². The van der Waals surface area contributed by atoms with Gasteiger partial charge in [-0.1, -0.05) is 77.8 Å². The Labute approximate surface area is 332 Å². The number of rotatable bonds is 22. The normalized spacial score (nSPS) is 18.0. The van der Waals surface area contributed by atoms with E-state index in [-0.39, 0.29) is 60.1 Å². The lowest BCUT2D eigenvalue weighted by Crippen LogP contribution is -2.50. The van der Waals surface area contributed by atoms with Gasteiger partial charge in [0.15, 0.2) is 11.9 Å². The van der Waals surface area contributed by atoms with Gasteiger partial charge in [0.25, 0.3) is 5.91 Å². The van der Waals surface area contributed by atoms with E-state index >= 15 is 0 Å². The SMILES string of the molecule is CCC(C)C(CC(=O)C1CCCCN1C)C(=O)N(CCOC)C(CC(OC(C)=O)c1nc(C(=O)NC(Cc2ccccc2)CC(C)C(=O)OC)cs1)C(C)C. The highest BCUT2D eigenvalue weighted by Crippen LogP contribution is 2.33. The lowest BCUT2D eigenvalue weighted by molar-refractivity contribution is -0.150. The predicted molar refractivity (Wildman–Crippen MR) is 213 cm³/mol. The van der Waals surface area contributed by atoms with Crippen LogP contribution in [0.2, 0.25) is 0 Å². The van der Waals surface area contributed by atoms with E-state index in [9.17, 15) is 24.0 Å². The third kappa shape index (κ3) is 13.8. The number of nitrogens with zero attached hydrogens (tertiary/aromatic N) is 3. The van der Waals surface area contributed by atoms with Gasteiger partial charge in [-0.25, -0.2) is 4.98 Å². The van der Waals surface area contributed by atoms with Crippen LogP contribution in [0.1, 0.15) is 114 Å². The fourth-order valence-corrected chi connectivity index (χ4v) is 8.33. The monoisotopic (exact) mass is 784 g/mol. The fourth-order valence-electron chi connectivity index (χ4n) is 7.49. The Hall–Kier alpha value is -3.68. The maximum absolute atomic E-state index is 14.7. The van der Waals surface area contributed by atoms with E-state index in [1.54, 1.807) is 19.4 Å². The van der Waals surface area contributed by atoms with E-state index in [4.69, 9.17) is 14.2 Å². The summed E-state index contributed by atoms with van der Waals surface area (Å²) < 4.78 is 16.3. The van der Waals surface area contributed by atoms with Crippen LogP contribution < -0.4 is 5.32 Å². The minimum absolute atomic E-state index is 0.0335. The number of methoxy groups -OCH3 is 2. The molecule has 2 amide bonds. The molecule has 13 heteroatoms. The summed E-state index contributed by atoms with van der Waals surface area (Å²) in [5, 5.41) is 5.13. The van der Waals surface area contributed by atoms with Crippen molar-refractivity contribution in [1.29, 1.82) is 0 Å². The summed E-state index contributed by atoms with van der Waals surface area (Å²) in [5.41, 5.74) is 1.17. The molecule has 0 aliphatic carbocycles. The van der Waals surface area contributed by atoms with E-state index in [1.807, 2.05) is 70.0 Å². The number of thiazole rings is 1. The van der Waals surface area contributed by atoms with Crippen molar-refractivity contribution in [3.8, 4) is 0 Å². The first-order valence-electron chi connectivity index (χ1n) is 19.8. The molecule has 0 saturated carbocycles. The van der Waals surface area contributed by atoms with Gasteiger partial charge in [0.05, 0.1) is 25.7 Å². The lowest BCUT2D eigenvalue weighted by atomic mass is 9.82. The molecule has 0 bridgehead atoms. The van der Waals surface area contributed by atoms with Crippen LogP contribution in [0.25, 0.3) is 0 Å². The number of hydrogen-bond acceptors (Lipinski definition) is 11. The molecule has 1 aliphatic heterocycles. The first-order chi connectivity index (χ1) is 26.2. The molecule has 1 N–H and O–H groups in total. The van der Waals surface area contributed by atoms with E-state index in [1.165, 1.54) is 25.4 Å². The van der Waals surface area contributed by atoms with Crippen molar-refractivity contribution in [2.45, 2.75) is 117 Å². The second-order valence-electron chi connectivity index (χ2n) is 15.4. The smallest absolute Gasteiger partial charge is 0.308 e. The van der Waals surface area contributed by atoms with Gasteiger partial charge < -0.3 is 24.4 Å². The molecule has 306 valence electrons. The molecule has 2 aromatic rings. The minimum Gasteiger partial charge on any atom is -0.469 e. The number of ketones is 1. The van der Waals surface area contributed by atoms with Crippen molar-refractivity contribution in [3.63, 3.8) is 0 Å². The van der Waals surface area contributed by atoms with Gasteiger partial charge in [0.1, 0.15) is 10.7 Å². The maximum Gasteiger partial charge on any atom is 0.308 e. The second kappa shape index (κ2) is 22.8. The molecular formula is C42H64N4O8S. The number of aromatic nitrogens is 1. The van der Waals surface area contributed by atoms with Crippen LogP contribution in [0, 0.1) is 23.7 Å². The summed E-state index contributed by atoms with van der Waals surface area (Å²) in [4.78, 5) is 75.5. The molecule has 0 radical (unpaired) electrons.